The maximum absolute atomic E-state index is 12.3. The number of hydrogen-bond acceptors (Lipinski definition) is 8. The van der Waals surface area contributed by atoms with E-state index in [9.17, 15) is 9.90 Å². The number of methoxy groups -OCH3 is 2. The number of rotatable bonds is 15. The first kappa shape index (κ1) is 30.1. The highest BCUT2D eigenvalue weighted by Crippen LogP contribution is 2.40. The Hall–Kier alpha value is -3.44. The third-order valence-electron chi connectivity index (χ3n) is 6.10. The minimum absolute atomic E-state index is 0.0370. The molecule has 0 saturated heterocycles. The molecule has 0 aliphatic rings. The minimum Gasteiger partial charge on any atom is -0.493 e. The van der Waals surface area contributed by atoms with Crippen LogP contribution in [0.4, 0.5) is 5.69 Å². The summed E-state index contributed by atoms with van der Waals surface area (Å²) < 4.78 is 13.1. The lowest BCUT2D eigenvalue weighted by atomic mass is 10.2. The fraction of sp³-hybridized carbons (Fsp3) is 0.429. The highest BCUT2D eigenvalue weighted by atomic mass is 79.9. The SMILES string of the molecule is CCCCN(CCCC)Cn1c(O)c(N=NC(=O)CO/N=C/c2ccc(OC)c(OC)c2)c2cc(Br)ccc21. The van der Waals surface area contributed by atoms with Gasteiger partial charge in [-0.15, -0.1) is 10.2 Å². The average Bonchev–Trinajstić information content (AvgIpc) is 3.20. The Bertz CT molecular complexity index is 1300. The van der Waals surface area contributed by atoms with Crippen molar-refractivity contribution in [1.29, 1.82) is 0 Å². The number of oxime groups is 1. The number of amides is 1. The number of aromatic nitrogens is 1. The Labute approximate surface area is 237 Å². The van der Waals surface area contributed by atoms with Crippen LogP contribution in [0.25, 0.3) is 10.9 Å². The van der Waals surface area contributed by atoms with Gasteiger partial charge in [-0.05, 0) is 62.3 Å². The van der Waals surface area contributed by atoms with Crippen LogP contribution in [0.1, 0.15) is 45.1 Å². The van der Waals surface area contributed by atoms with E-state index in [1.807, 2.05) is 22.8 Å². The molecule has 1 amide bonds. The molecule has 1 aromatic heterocycles. The maximum atomic E-state index is 12.3. The molecule has 0 unspecified atom stereocenters. The van der Waals surface area contributed by atoms with Crippen molar-refractivity contribution < 1.29 is 24.2 Å². The second-order valence-corrected chi connectivity index (χ2v) is 9.86. The van der Waals surface area contributed by atoms with E-state index >= 15 is 0 Å². The predicted molar refractivity (Wildman–Crippen MR) is 155 cm³/mol. The lowest BCUT2D eigenvalue weighted by Crippen LogP contribution is -2.28. The fourth-order valence-corrected chi connectivity index (χ4v) is 4.37. The van der Waals surface area contributed by atoms with Gasteiger partial charge >= 0.3 is 5.91 Å². The van der Waals surface area contributed by atoms with Crippen LogP contribution in [-0.4, -0.2) is 60.6 Å². The van der Waals surface area contributed by atoms with E-state index in [2.05, 4.69) is 50.1 Å². The molecule has 3 aromatic rings. The van der Waals surface area contributed by atoms with E-state index in [0.717, 1.165) is 48.8 Å². The number of azo groups is 1. The number of carbonyl (C=O) groups excluding carboxylic acids is 1. The monoisotopic (exact) mass is 601 g/mol. The van der Waals surface area contributed by atoms with Crippen molar-refractivity contribution in [2.75, 3.05) is 33.9 Å². The van der Waals surface area contributed by atoms with E-state index in [1.165, 1.54) is 6.21 Å². The summed E-state index contributed by atoms with van der Waals surface area (Å²) in [6, 6.07) is 10.9. The number of unbranched alkanes of at least 4 members (excludes halogenated alkanes) is 2. The molecule has 39 heavy (non-hydrogen) atoms. The largest absolute Gasteiger partial charge is 0.493 e. The molecule has 1 heterocycles. The van der Waals surface area contributed by atoms with Crippen molar-refractivity contribution in [3.63, 3.8) is 0 Å². The summed E-state index contributed by atoms with van der Waals surface area (Å²) in [6.45, 7) is 6.31. The first-order valence-electron chi connectivity index (χ1n) is 13.0. The number of fused-ring (bicyclic) bond motifs is 1. The van der Waals surface area contributed by atoms with Crippen LogP contribution in [0.2, 0.25) is 0 Å². The number of benzene rings is 2. The Morgan fingerprint density at radius 1 is 1.05 bits per heavy atom. The number of carbonyl (C=O) groups is 1. The van der Waals surface area contributed by atoms with Gasteiger partial charge < -0.3 is 19.4 Å². The van der Waals surface area contributed by atoms with Crippen molar-refractivity contribution in [3.05, 3.63) is 46.4 Å². The number of aromatic hydroxyl groups is 1. The lowest BCUT2D eigenvalue weighted by Gasteiger charge is -2.23. The first-order chi connectivity index (χ1) is 18.9. The van der Waals surface area contributed by atoms with E-state index in [0.29, 0.717) is 29.1 Å². The molecule has 1 N–H and O–H groups in total. The smallest absolute Gasteiger partial charge is 0.304 e. The zero-order valence-corrected chi connectivity index (χ0v) is 24.5. The van der Waals surface area contributed by atoms with Gasteiger partial charge in [0, 0.05) is 15.4 Å². The van der Waals surface area contributed by atoms with Crippen molar-refractivity contribution in [3.8, 4) is 17.4 Å². The summed E-state index contributed by atoms with van der Waals surface area (Å²) in [5.74, 6) is 0.473. The highest BCUT2D eigenvalue weighted by molar-refractivity contribution is 9.10. The number of hydrogen-bond donors (Lipinski definition) is 1. The molecule has 0 aliphatic heterocycles. The lowest BCUT2D eigenvalue weighted by molar-refractivity contribution is -0.122. The molecule has 0 aliphatic carbocycles. The molecule has 11 heteroatoms. The van der Waals surface area contributed by atoms with Gasteiger partial charge in [0.05, 0.1) is 32.6 Å². The third-order valence-corrected chi connectivity index (χ3v) is 6.60. The van der Waals surface area contributed by atoms with Crippen molar-refractivity contribution in [2.24, 2.45) is 15.4 Å². The van der Waals surface area contributed by atoms with Crippen LogP contribution in [0.5, 0.6) is 17.4 Å². The summed E-state index contributed by atoms with van der Waals surface area (Å²) in [5.41, 5.74) is 1.75. The van der Waals surface area contributed by atoms with Gasteiger partial charge in [0.2, 0.25) is 5.88 Å². The summed E-state index contributed by atoms with van der Waals surface area (Å²) in [4.78, 5) is 19.8. The third kappa shape index (κ3) is 8.27. The Kier molecular flexibility index (Phi) is 11.8. The molecular weight excluding hydrogens is 566 g/mol. The molecule has 10 nitrogen and oxygen atoms in total. The minimum atomic E-state index is -0.637. The molecule has 0 saturated carbocycles. The molecule has 0 atom stereocenters. The molecule has 0 radical (unpaired) electrons. The van der Waals surface area contributed by atoms with E-state index < -0.39 is 12.5 Å². The van der Waals surface area contributed by atoms with Gasteiger partial charge in [-0.25, -0.2) is 0 Å². The maximum Gasteiger partial charge on any atom is 0.304 e. The van der Waals surface area contributed by atoms with Gasteiger partial charge in [0.25, 0.3) is 0 Å². The molecule has 3 rings (SSSR count). The summed E-state index contributed by atoms with van der Waals surface area (Å²) in [6.07, 6.45) is 5.79. The molecule has 210 valence electrons. The van der Waals surface area contributed by atoms with Gasteiger partial charge in [0.15, 0.2) is 23.8 Å². The van der Waals surface area contributed by atoms with Crippen molar-refractivity contribution >= 4 is 44.6 Å². The second kappa shape index (κ2) is 15.2. The normalized spacial score (nSPS) is 11.7. The number of halogens is 1. The highest BCUT2D eigenvalue weighted by Gasteiger charge is 2.19. The van der Waals surface area contributed by atoms with Crippen LogP contribution in [-0.2, 0) is 16.3 Å². The van der Waals surface area contributed by atoms with Crippen LogP contribution < -0.4 is 9.47 Å². The average molecular weight is 603 g/mol. The van der Waals surface area contributed by atoms with Crippen molar-refractivity contribution in [2.45, 2.75) is 46.2 Å². The Balaban J connectivity index is 1.73. The molecule has 0 spiro atoms. The predicted octanol–water partition coefficient (Wildman–Crippen LogP) is 6.65. The summed E-state index contributed by atoms with van der Waals surface area (Å²) >= 11 is 3.49. The zero-order chi connectivity index (χ0) is 28.2. The van der Waals surface area contributed by atoms with Gasteiger partial charge in [-0.2, -0.15) is 0 Å². The standard InChI is InChI=1S/C28H36BrN5O5/c1-5-7-13-33(14-8-6-2)19-34-23-11-10-21(29)16-22(23)27(28(34)36)32-31-26(35)18-39-30-17-20-9-12-24(37-3)25(15-20)38-4/h9-12,15-17,36H,5-8,13-14,18-19H2,1-4H3/b30-17+,32-31?. The Morgan fingerprint density at radius 3 is 2.44 bits per heavy atom. The summed E-state index contributed by atoms with van der Waals surface area (Å²) in [7, 11) is 3.10. The van der Waals surface area contributed by atoms with Crippen LogP contribution in [0, 0.1) is 0 Å². The molecule has 0 fully saturated rings. The second-order valence-electron chi connectivity index (χ2n) is 8.94. The number of ether oxygens (including phenoxy) is 2. The van der Waals surface area contributed by atoms with Gasteiger partial charge in [-0.3, -0.25) is 14.3 Å². The summed E-state index contributed by atoms with van der Waals surface area (Å²) in [5, 5.41) is 23.5. The van der Waals surface area contributed by atoms with Crippen LogP contribution in [0.15, 0.2) is 56.3 Å². The van der Waals surface area contributed by atoms with E-state index in [4.69, 9.17) is 14.3 Å². The number of nitrogens with zero attached hydrogens (tertiary/aromatic N) is 5. The van der Waals surface area contributed by atoms with Gasteiger partial charge in [0.1, 0.15) is 0 Å². The molecular formula is C28H36BrN5O5. The van der Waals surface area contributed by atoms with Crippen molar-refractivity contribution in [1.82, 2.24) is 9.47 Å². The zero-order valence-electron chi connectivity index (χ0n) is 22.9. The van der Waals surface area contributed by atoms with E-state index in [-0.39, 0.29) is 11.6 Å². The molecule has 0 bridgehead atoms. The fourth-order valence-electron chi connectivity index (χ4n) is 4.01. The van der Waals surface area contributed by atoms with E-state index in [1.54, 1.807) is 32.4 Å². The first-order valence-corrected chi connectivity index (χ1v) is 13.8. The molecule has 2 aromatic carbocycles. The topological polar surface area (TPSA) is 110 Å². The Morgan fingerprint density at radius 2 is 1.77 bits per heavy atom. The van der Waals surface area contributed by atoms with Crippen LogP contribution in [0.3, 0.4) is 0 Å². The van der Waals surface area contributed by atoms with Crippen LogP contribution >= 0.6 is 15.9 Å². The quantitative estimate of drug-likeness (QED) is 0.119. The van der Waals surface area contributed by atoms with Gasteiger partial charge in [-0.1, -0.05) is 47.8 Å².